The van der Waals surface area contributed by atoms with Gasteiger partial charge in [-0.15, -0.1) is 0 Å². The number of ether oxygens (including phenoxy) is 1. The SMILES string of the molecule is CCOCCN(CC)C(=O)c1ccncc1C#CCN. The van der Waals surface area contributed by atoms with Gasteiger partial charge < -0.3 is 15.4 Å². The van der Waals surface area contributed by atoms with Crippen LogP contribution >= 0.6 is 0 Å². The number of amides is 1. The normalized spacial score (nSPS) is 9.75. The molecule has 0 bridgehead atoms. The predicted molar refractivity (Wildman–Crippen MR) is 78.2 cm³/mol. The number of rotatable bonds is 6. The van der Waals surface area contributed by atoms with Gasteiger partial charge in [0, 0.05) is 32.1 Å². The summed E-state index contributed by atoms with van der Waals surface area (Å²) in [4.78, 5) is 18.2. The second-order valence-corrected chi connectivity index (χ2v) is 4.01. The molecule has 0 atom stereocenters. The van der Waals surface area contributed by atoms with Crippen LogP contribution in [-0.4, -0.2) is 48.6 Å². The van der Waals surface area contributed by atoms with Crippen molar-refractivity contribution < 1.29 is 9.53 Å². The van der Waals surface area contributed by atoms with E-state index in [0.717, 1.165) is 0 Å². The number of carbonyl (C=O) groups excluding carboxylic acids is 1. The minimum atomic E-state index is -0.0593. The van der Waals surface area contributed by atoms with Crippen LogP contribution in [-0.2, 0) is 4.74 Å². The summed E-state index contributed by atoms with van der Waals surface area (Å²) in [5.74, 6) is 5.58. The number of nitrogens with two attached hydrogens (primary N) is 1. The van der Waals surface area contributed by atoms with Crippen LogP contribution in [0.2, 0.25) is 0 Å². The molecule has 1 aromatic rings. The van der Waals surface area contributed by atoms with Gasteiger partial charge in [-0.25, -0.2) is 0 Å². The molecule has 0 unspecified atom stereocenters. The predicted octanol–water partition coefficient (Wildman–Crippen LogP) is 0.890. The molecule has 2 N–H and O–H groups in total. The van der Waals surface area contributed by atoms with Crippen LogP contribution in [0.25, 0.3) is 0 Å². The Morgan fingerprint density at radius 3 is 2.95 bits per heavy atom. The van der Waals surface area contributed by atoms with Gasteiger partial charge in [-0.2, -0.15) is 0 Å². The molecule has 108 valence electrons. The van der Waals surface area contributed by atoms with Crippen molar-refractivity contribution in [2.75, 3.05) is 32.8 Å². The zero-order chi connectivity index (χ0) is 14.8. The molecule has 5 nitrogen and oxygen atoms in total. The van der Waals surface area contributed by atoms with Crippen LogP contribution < -0.4 is 5.73 Å². The van der Waals surface area contributed by atoms with E-state index in [9.17, 15) is 4.79 Å². The van der Waals surface area contributed by atoms with Crippen LogP contribution in [0.5, 0.6) is 0 Å². The second-order valence-electron chi connectivity index (χ2n) is 4.01. The molecule has 0 aliphatic carbocycles. The van der Waals surface area contributed by atoms with E-state index in [-0.39, 0.29) is 12.5 Å². The average molecular weight is 275 g/mol. The van der Waals surface area contributed by atoms with Crippen LogP contribution in [0.4, 0.5) is 0 Å². The van der Waals surface area contributed by atoms with Gasteiger partial charge >= 0.3 is 0 Å². The summed E-state index contributed by atoms with van der Waals surface area (Å²) in [5.41, 5.74) is 6.53. The molecule has 0 aliphatic rings. The molecule has 0 fully saturated rings. The third-order valence-corrected chi connectivity index (χ3v) is 2.76. The highest BCUT2D eigenvalue weighted by atomic mass is 16.5. The van der Waals surface area contributed by atoms with Crippen molar-refractivity contribution in [3.8, 4) is 11.8 Å². The fourth-order valence-electron chi connectivity index (χ4n) is 1.72. The number of pyridine rings is 1. The Balaban J connectivity index is 2.89. The standard InChI is InChI=1S/C15H21N3O2/c1-3-18(10-11-20-4-2)15(19)14-7-9-17-12-13(14)6-5-8-16/h7,9,12H,3-4,8,10-11,16H2,1-2H3. The lowest BCUT2D eigenvalue weighted by Crippen LogP contribution is -2.34. The lowest BCUT2D eigenvalue weighted by molar-refractivity contribution is 0.0669. The Labute approximate surface area is 120 Å². The lowest BCUT2D eigenvalue weighted by Gasteiger charge is -2.21. The molecule has 0 spiro atoms. The summed E-state index contributed by atoms with van der Waals surface area (Å²) in [6, 6.07) is 1.69. The molecule has 5 heteroatoms. The summed E-state index contributed by atoms with van der Waals surface area (Å²) in [6.07, 6.45) is 3.18. The molecule has 1 aromatic heterocycles. The second kappa shape index (κ2) is 9.08. The molecular formula is C15H21N3O2. The lowest BCUT2D eigenvalue weighted by atomic mass is 10.1. The minimum Gasteiger partial charge on any atom is -0.380 e. The van der Waals surface area contributed by atoms with Crippen molar-refractivity contribution in [1.82, 2.24) is 9.88 Å². The third-order valence-electron chi connectivity index (χ3n) is 2.76. The first-order chi connectivity index (χ1) is 9.74. The van der Waals surface area contributed by atoms with Crippen molar-refractivity contribution in [3.05, 3.63) is 29.6 Å². The third kappa shape index (κ3) is 4.65. The van der Waals surface area contributed by atoms with Gasteiger partial charge in [-0.05, 0) is 19.9 Å². The quantitative estimate of drug-likeness (QED) is 0.618. The summed E-state index contributed by atoms with van der Waals surface area (Å²) in [7, 11) is 0. The molecule has 1 amide bonds. The maximum absolute atomic E-state index is 12.5. The van der Waals surface area contributed by atoms with Crippen LogP contribution in [0.3, 0.4) is 0 Å². The highest BCUT2D eigenvalue weighted by molar-refractivity contribution is 5.96. The number of nitrogens with zero attached hydrogens (tertiary/aromatic N) is 2. The van der Waals surface area contributed by atoms with Crippen molar-refractivity contribution >= 4 is 5.91 Å². The number of carbonyl (C=O) groups is 1. The zero-order valence-electron chi connectivity index (χ0n) is 12.1. The van der Waals surface area contributed by atoms with Gasteiger partial charge in [-0.3, -0.25) is 9.78 Å². The van der Waals surface area contributed by atoms with E-state index < -0.39 is 0 Å². The fraction of sp³-hybridized carbons (Fsp3) is 0.467. The van der Waals surface area contributed by atoms with Gasteiger partial charge in [0.2, 0.25) is 0 Å². The molecule has 20 heavy (non-hydrogen) atoms. The van der Waals surface area contributed by atoms with Crippen molar-refractivity contribution in [2.24, 2.45) is 5.73 Å². The smallest absolute Gasteiger partial charge is 0.255 e. The molecule has 1 rings (SSSR count). The van der Waals surface area contributed by atoms with Crippen molar-refractivity contribution in [1.29, 1.82) is 0 Å². The molecule has 0 saturated carbocycles. The van der Waals surface area contributed by atoms with Gasteiger partial charge in [-0.1, -0.05) is 11.8 Å². The maximum Gasteiger partial charge on any atom is 0.255 e. The van der Waals surface area contributed by atoms with E-state index in [2.05, 4.69) is 16.8 Å². The number of likely N-dealkylation sites (N-methyl/N-ethyl adjacent to an activating group) is 1. The molecule has 0 saturated heterocycles. The highest BCUT2D eigenvalue weighted by Crippen LogP contribution is 2.09. The van der Waals surface area contributed by atoms with Crippen molar-refractivity contribution in [2.45, 2.75) is 13.8 Å². The van der Waals surface area contributed by atoms with Crippen LogP contribution in [0.1, 0.15) is 29.8 Å². The van der Waals surface area contributed by atoms with E-state index in [1.165, 1.54) is 0 Å². The van der Waals surface area contributed by atoms with E-state index in [1.807, 2.05) is 13.8 Å². The van der Waals surface area contributed by atoms with Gasteiger partial charge in [0.1, 0.15) is 0 Å². The Morgan fingerprint density at radius 2 is 2.30 bits per heavy atom. The van der Waals surface area contributed by atoms with Crippen LogP contribution in [0.15, 0.2) is 18.5 Å². The van der Waals surface area contributed by atoms with Gasteiger partial charge in [0.05, 0.1) is 24.3 Å². The molecule has 1 heterocycles. The molecule has 0 radical (unpaired) electrons. The molecule has 0 aliphatic heterocycles. The largest absolute Gasteiger partial charge is 0.380 e. The minimum absolute atomic E-state index is 0.0593. The fourth-order valence-corrected chi connectivity index (χ4v) is 1.72. The number of hydrogen-bond donors (Lipinski definition) is 1. The van der Waals surface area contributed by atoms with Gasteiger partial charge in [0.25, 0.3) is 5.91 Å². The topological polar surface area (TPSA) is 68.5 Å². The maximum atomic E-state index is 12.5. The zero-order valence-corrected chi connectivity index (χ0v) is 12.1. The summed E-state index contributed by atoms with van der Waals surface area (Å²) in [6.45, 7) is 6.49. The van der Waals surface area contributed by atoms with E-state index >= 15 is 0 Å². The van der Waals surface area contributed by atoms with Crippen LogP contribution in [0, 0.1) is 11.8 Å². The average Bonchev–Trinajstić information content (AvgIpc) is 2.49. The summed E-state index contributed by atoms with van der Waals surface area (Å²) in [5, 5.41) is 0. The Morgan fingerprint density at radius 1 is 1.50 bits per heavy atom. The van der Waals surface area contributed by atoms with Gasteiger partial charge in [0.15, 0.2) is 0 Å². The van der Waals surface area contributed by atoms with Crippen molar-refractivity contribution in [3.63, 3.8) is 0 Å². The first kappa shape index (κ1) is 16.2. The summed E-state index contributed by atoms with van der Waals surface area (Å²) < 4.78 is 5.30. The monoisotopic (exact) mass is 275 g/mol. The Hall–Kier alpha value is -1.90. The van der Waals surface area contributed by atoms with E-state index in [1.54, 1.807) is 23.4 Å². The Bertz CT molecular complexity index is 491. The number of hydrogen-bond acceptors (Lipinski definition) is 4. The first-order valence-electron chi connectivity index (χ1n) is 6.74. The summed E-state index contributed by atoms with van der Waals surface area (Å²) >= 11 is 0. The Kier molecular flexibility index (Phi) is 7.33. The molecule has 0 aromatic carbocycles. The van der Waals surface area contributed by atoms with E-state index in [0.29, 0.717) is 37.4 Å². The molecular weight excluding hydrogens is 254 g/mol. The highest BCUT2D eigenvalue weighted by Gasteiger charge is 2.16. The van der Waals surface area contributed by atoms with E-state index in [4.69, 9.17) is 10.5 Å². The first-order valence-corrected chi connectivity index (χ1v) is 6.74. The number of aromatic nitrogens is 1.